The number of esters is 1. The lowest BCUT2D eigenvalue weighted by molar-refractivity contribution is 0.0521. The number of aryl methyl sites for hydroxylation is 1. The molecule has 0 spiro atoms. The number of ether oxygens (including phenoxy) is 1. The van der Waals surface area contributed by atoms with Gasteiger partial charge < -0.3 is 14.9 Å². The number of unbranched alkanes of at least 4 members (excludes halogenated alkanes) is 2. The number of hydrogen-bond donors (Lipinski definition) is 2. The average molecular weight is 390 g/mol. The van der Waals surface area contributed by atoms with Gasteiger partial charge in [0.15, 0.2) is 0 Å². The first-order valence-electron chi connectivity index (χ1n) is 11.6. The van der Waals surface area contributed by atoms with Crippen molar-refractivity contribution in [3.63, 3.8) is 0 Å². The Morgan fingerprint density at radius 2 is 2.11 bits per heavy atom. The molecule has 0 bridgehead atoms. The standard InChI is InChI=1S/C24H34O4/c1-6-8-9-10-17-14-20(25)22(23(26)21(17)24(27)28-7-2)19-13-16(5)11-12-18(19)15(3)4/h13-14,18-19,25-26H,3,6-12H2,1-2,4-5H3/i5D3. The number of hydrogen-bond acceptors (Lipinski definition) is 4. The van der Waals surface area contributed by atoms with Crippen molar-refractivity contribution in [2.24, 2.45) is 5.92 Å². The molecular formula is C24H34O4. The van der Waals surface area contributed by atoms with E-state index >= 15 is 0 Å². The van der Waals surface area contributed by atoms with Crippen molar-refractivity contribution in [2.45, 2.75) is 72.1 Å². The maximum atomic E-state index is 12.7. The first kappa shape index (κ1) is 17.8. The van der Waals surface area contributed by atoms with Crippen molar-refractivity contribution >= 4 is 5.97 Å². The molecular weight excluding hydrogens is 352 g/mol. The summed E-state index contributed by atoms with van der Waals surface area (Å²) >= 11 is 0. The predicted octanol–water partition coefficient (Wildman–Crippen LogP) is 6.02. The number of carbonyl (C=O) groups excluding carboxylic acids is 1. The minimum atomic E-state index is -2.26. The Morgan fingerprint density at radius 3 is 2.71 bits per heavy atom. The van der Waals surface area contributed by atoms with Crippen LogP contribution in [0.15, 0.2) is 29.9 Å². The third-order valence-electron chi connectivity index (χ3n) is 5.43. The summed E-state index contributed by atoms with van der Waals surface area (Å²) in [4.78, 5) is 12.7. The molecule has 0 fully saturated rings. The first-order valence-corrected chi connectivity index (χ1v) is 10.1. The second-order valence-electron chi connectivity index (χ2n) is 7.58. The summed E-state index contributed by atoms with van der Waals surface area (Å²) in [6.45, 7) is 7.54. The second-order valence-corrected chi connectivity index (χ2v) is 7.58. The number of phenolic OH excluding ortho intramolecular Hbond substituents is 2. The molecule has 1 aliphatic rings. The smallest absolute Gasteiger partial charge is 0.342 e. The fourth-order valence-electron chi connectivity index (χ4n) is 3.99. The van der Waals surface area contributed by atoms with Crippen molar-refractivity contribution in [2.75, 3.05) is 6.61 Å². The summed E-state index contributed by atoms with van der Waals surface area (Å²) in [5.41, 5.74) is 1.87. The third-order valence-corrected chi connectivity index (χ3v) is 5.43. The maximum Gasteiger partial charge on any atom is 0.342 e. The van der Waals surface area contributed by atoms with Crippen molar-refractivity contribution in [3.8, 4) is 11.5 Å². The molecule has 154 valence electrons. The lowest BCUT2D eigenvalue weighted by atomic mass is 9.73. The quantitative estimate of drug-likeness (QED) is 0.324. The van der Waals surface area contributed by atoms with E-state index in [4.69, 9.17) is 8.85 Å². The fraction of sp³-hybridized carbons (Fsp3) is 0.542. The van der Waals surface area contributed by atoms with Crippen molar-refractivity contribution in [3.05, 3.63) is 46.6 Å². The van der Waals surface area contributed by atoms with Gasteiger partial charge in [-0.05, 0) is 63.9 Å². The van der Waals surface area contributed by atoms with Crippen molar-refractivity contribution < 1.29 is 23.9 Å². The van der Waals surface area contributed by atoms with Crippen LogP contribution < -0.4 is 0 Å². The Balaban J connectivity index is 2.68. The molecule has 0 saturated heterocycles. The largest absolute Gasteiger partial charge is 0.507 e. The molecule has 2 N–H and O–H groups in total. The molecule has 0 aromatic heterocycles. The fourth-order valence-corrected chi connectivity index (χ4v) is 3.99. The number of benzene rings is 1. The van der Waals surface area contributed by atoms with Crippen LogP contribution >= 0.6 is 0 Å². The molecule has 0 aliphatic heterocycles. The second kappa shape index (κ2) is 9.81. The van der Waals surface area contributed by atoms with Crippen LogP contribution in [0.4, 0.5) is 0 Å². The Bertz CT molecular complexity index is 855. The summed E-state index contributed by atoms with van der Waals surface area (Å²) in [7, 11) is 0. The van der Waals surface area contributed by atoms with Gasteiger partial charge in [0.05, 0.1) is 6.61 Å². The van der Waals surface area contributed by atoms with Gasteiger partial charge in [0.1, 0.15) is 17.1 Å². The molecule has 4 nitrogen and oxygen atoms in total. The van der Waals surface area contributed by atoms with E-state index in [-0.39, 0.29) is 35.2 Å². The Kier molecular flexibility index (Phi) is 6.25. The zero-order chi connectivity index (χ0) is 23.3. The Labute approximate surface area is 173 Å². The molecule has 0 heterocycles. The molecule has 28 heavy (non-hydrogen) atoms. The molecule has 2 unspecified atom stereocenters. The number of rotatable bonds is 8. The van der Waals surface area contributed by atoms with E-state index in [9.17, 15) is 15.0 Å². The molecule has 1 aromatic rings. The van der Waals surface area contributed by atoms with Gasteiger partial charge in [-0.1, -0.05) is 43.6 Å². The van der Waals surface area contributed by atoms with Gasteiger partial charge in [-0.2, -0.15) is 0 Å². The normalized spacial score (nSPS) is 21.2. The average Bonchev–Trinajstić information content (AvgIpc) is 2.67. The first-order chi connectivity index (χ1) is 14.5. The van der Waals surface area contributed by atoms with Crippen LogP contribution in [0.2, 0.25) is 0 Å². The highest BCUT2D eigenvalue weighted by Crippen LogP contribution is 2.48. The third kappa shape index (κ3) is 4.78. The Hall–Kier alpha value is -2.23. The van der Waals surface area contributed by atoms with Crippen LogP contribution in [0.1, 0.15) is 91.2 Å². The van der Waals surface area contributed by atoms with Gasteiger partial charge in [-0.25, -0.2) is 4.79 Å². The maximum absolute atomic E-state index is 12.7. The topological polar surface area (TPSA) is 66.8 Å². The minimum absolute atomic E-state index is 0.0561. The van der Waals surface area contributed by atoms with Gasteiger partial charge in [0.25, 0.3) is 0 Å². The molecule has 0 saturated carbocycles. The highest BCUT2D eigenvalue weighted by Gasteiger charge is 2.33. The molecule has 4 heteroatoms. The SMILES string of the molecule is [2H]C([2H])([2H])C1=CC(c2c(O)cc(CCCCC)c(C(=O)OCC)c2O)C(C(=C)C)CC1. The summed E-state index contributed by atoms with van der Waals surface area (Å²) in [5.74, 6) is -1.88. The van der Waals surface area contributed by atoms with E-state index in [2.05, 4.69) is 13.5 Å². The zero-order valence-electron chi connectivity index (χ0n) is 20.2. The highest BCUT2D eigenvalue weighted by atomic mass is 16.5. The number of phenols is 2. The molecule has 0 radical (unpaired) electrons. The van der Waals surface area contributed by atoms with Gasteiger partial charge >= 0.3 is 5.97 Å². The monoisotopic (exact) mass is 389 g/mol. The molecule has 2 rings (SSSR count). The van der Waals surface area contributed by atoms with Gasteiger partial charge in [0, 0.05) is 15.6 Å². The van der Waals surface area contributed by atoms with E-state index < -0.39 is 18.7 Å². The van der Waals surface area contributed by atoms with Crippen molar-refractivity contribution in [1.29, 1.82) is 0 Å². The number of allylic oxidation sites excluding steroid dienone is 3. The van der Waals surface area contributed by atoms with Crippen LogP contribution in [0.5, 0.6) is 11.5 Å². The van der Waals surface area contributed by atoms with E-state index in [1.807, 2.05) is 6.92 Å². The summed E-state index contributed by atoms with van der Waals surface area (Å²) in [6.07, 6.45) is 5.82. The van der Waals surface area contributed by atoms with Gasteiger partial charge in [-0.3, -0.25) is 0 Å². The van der Waals surface area contributed by atoms with Crippen LogP contribution in [0.3, 0.4) is 0 Å². The Morgan fingerprint density at radius 1 is 1.36 bits per heavy atom. The molecule has 1 aromatic carbocycles. The highest BCUT2D eigenvalue weighted by molar-refractivity contribution is 5.95. The van der Waals surface area contributed by atoms with E-state index in [1.54, 1.807) is 13.0 Å². The summed E-state index contributed by atoms with van der Waals surface area (Å²) < 4.78 is 28.6. The lowest BCUT2D eigenvalue weighted by Gasteiger charge is -2.32. The van der Waals surface area contributed by atoms with Crippen molar-refractivity contribution in [1.82, 2.24) is 0 Å². The van der Waals surface area contributed by atoms with E-state index in [0.717, 1.165) is 24.8 Å². The predicted molar refractivity (Wildman–Crippen MR) is 113 cm³/mol. The number of carbonyl (C=O) groups is 1. The zero-order valence-corrected chi connectivity index (χ0v) is 17.2. The molecule has 0 amide bonds. The van der Waals surface area contributed by atoms with Crippen LogP contribution in [-0.4, -0.2) is 22.8 Å². The number of aromatic hydroxyl groups is 2. The van der Waals surface area contributed by atoms with Crippen LogP contribution in [0.25, 0.3) is 0 Å². The van der Waals surface area contributed by atoms with Crippen LogP contribution in [0, 0.1) is 5.92 Å². The summed E-state index contributed by atoms with van der Waals surface area (Å²) in [6, 6.07) is 1.52. The van der Waals surface area contributed by atoms with E-state index in [0.29, 0.717) is 30.4 Å². The molecule has 2 atom stereocenters. The van der Waals surface area contributed by atoms with Gasteiger partial charge in [-0.15, -0.1) is 0 Å². The molecule has 1 aliphatic carbocycles. The lowest BCUT2D eigenvalue weighted by Crippen LogP contribution is -2.19. The summed E-state index contributed by atoms with van der Waals surface area (Å²) in [5, 5.41) is 22.1. The minimum Gasteiger partial charge on any atom is -0.507 e. The van der Waals surface area contributed by atoms with Gasteiger partial charge in [0.2, 0.25) is 0 Å². The van der Waals surface area contributed by atoms with E-state index in [1.165, 1.54) is 6.07 Å². The van der Waals surface area contributed by atoms with Crippen LogP contribution in [-0.2, 0) is 11.2 Å².